The quantitative estimate of drug-likeness (QED) is 0.901. The van der Waals surface area contributed by atoms with Crippen LogP contribution in [0.3, 0.4) is 0 Å². The van der Waals surface area contributed by atoms with Crippen LogP contribution in [0.2, 0.25) is 0 Å². The van der Waals surface area contributed by atoms with Crippen LogP contribution in [-0.2, 0) is 4.79 Å². The molecule has 1 aromatic rings. The Morgan fingerprint density at radius 2 is 1.96 bits per heavy atom. The van der Waals surface area contributed by atoms with Gasteiger partial charge in [-0.1, -0.05) is 32.1 Å². The Hall–Kier alpha value is -2.11. The van der Waals surface area contributed by atoms with Crippen molar-refractivity contribution in [2.24, 2.45) is 16.6 Å². The van der Waals surface area contributed by atoms with Crippen LogP contribution in [0, 0.1) is 11.7 Å². The van der Waals surface area contributed by atoms with Gasteiger partial charge in [0.2, 0.25) is 0 Å². The van der Waals surface area contributed by atoms with E-state index in [-0.39, 0.29) is 24.3 Å². The van der Waals surface area contributed by atoms with Crippen molar-refractivity contribution >= 4 is 11.9 Å². The van der Waals surface area contributed by atoms with Gasteiger partial charge in [0.1, 0.15) is 18.2 Å². The van der Waals surface area contributed by atoms with Crippen LogP contribution >= 0.6 is 0 Å². The smallest absolute Gasteiger partial charge is 0.260 e. The Morgan fingerprint density at radius 3 is 2.54 bits per heavy atom. The highest BCUT2D eigenvalue weighted by Gasteiger charge is 2.48. The first kappa shape index (κ1) is 16.7. The maximum atomic E-state index is 13.0. The highest BCUT2D eigenvalue weighted by atomic mass is 19.1. The van der Waals surface area contributed by atoms with Gasteiger partial charge in [-0.3, -0.25) is 9.69 Å². The molecule has 1 aromatic carbocycles. The summed E-state index contributed by atoms with van der Waals surface area (Å²) in [5.41, 5.74) is 4.93. The molecule has 1 atom stereocenters. The summed E-state index contributed by atoms with van der Waals surface area (Å²) in [6.45, 7) is 0.124. The normalized spacial score (nSPS) is 25.0. The number of nitrogens with two attached hydrogens (primary N) is 1. The van der Waals surface area contributed by atoms with Crippen LogP contribution in [-0.4, -0.2) is 36.0 Å². The van der Waals surface area contributed by atoms with Crippen LogP contribution in [0.5, 0.6) is 5.75 Å². The summed E-state index contributed by atoms with van der Waals surface area (Å²) in [6, 6.07) is 5.78. The zero-order valence-electron chi connectivity index (χ0n) is 14.0. The lowest BCUT2D eigenvalue weighted by atomic mass is 9.79. The van der Waals surface area contributed by atoms with Crippen molar-refractivity contribution in [2.45, 2.75) is 44.1 Å². The molecule has 0 saturated heterocycles. The van der Waals surface area contributed by atoms with E-state index >= 15 is 0 Å². The third kappa shape index (κ3) is 3.37. The average molecular weight is 333 g/mol. The third-order valence-electron chi connectivity index (χ3n) is 5.02. The molecular formula is C18H24FN3O2. The van der Waals surface area contributed by atoms with Crippen LogP contribution in [0.1, 0.15) is 38.5 Å². The minimum absolute atomic E-state index is 0.118. The Balaban J connectivity index is 1.77. The third-order valence-corrected chi connectivity index (χ3v) is 5.02. The lowest BCUT2D eigenvalue weighted by molar-refractivity contribution is -0.132. The van der Waals surface area contributed by atoms with E-state index in [0.29, 0.717) is 18.1 Å². The summed E-state index contributed by atoms with van der Waals surface area (Å²) < 4.78 is 18.8. The second-order valence-electron chi connectivity index (χ2n) is 6.82. The lowest BCUT2D eigenvalue weighted by Gasteiger charge is -2.31. The number of guanidine groups is 1. The average Bonchev–Trinajstić information content (AvgIpc) is 2.80. The van der Waals surface area contributed by atoms with Gasteiger partial charge in [0.25, 0.3) is 5.91 Å². The van der Waals surface area contributed by atoms with Gasteiger partial charge in [0.15, 0.2) is 11.5 Å². The number of amides is 1. The van der Waals surface area contributed by atoms with Gasteiger partial charge in [-0.15, -0.1) is 0 Å². The van der Waals surface area contributed by atoms with Crippen molar-refractivity contribution in [2.75, 3.05) is 13.7 Å². The first-order valence-electron chi connectivity index (χ1n) is 8.52. The van der Waals surface area contributed by atoms with Gasteiger partial charge in [-0.25, -0.2) is 9.38 Å². The molecule has 2 N–H and O–H groups in total. The van der Waals surface area contributed by atoms with Gasteiger partial charge in [-0.05, 0) is 36.6 Å². The second kappa shape index (κ2) is 6.79. The second-order valence-corrected chi connectivity index (χ2v) is 6.82. The van der Waals surface area contributed by atoms with E-state index in [1.54, 1.807) is 19.2 Å². The van der Waals surface area contributed by atoms with Crippen LogP contribution in [0.15, 0.2) is 29.3 Å². The molecule has 1 aliphatic carbocycles. The van der Waals surface area contributed by atoms with E-state index in [1.165, 1.54) is 36.3 Å². The van der Waals surface area contributed by atoms with Crippen molar-refractivity contribution in [1.29, 1.82) is 0 Å². The summed E-state index contributed by atoms with van der Waals surface area (Å²) in [5, 5.41) is 0. The molecule has 1 heterocycles. The molecule has 5 nitrogen and oxygen atoms in total. The molecule has 130 valence electrons. The first-order chi connectivity index (χ1) is 11.5. The molecule has 1 unspecified atom stereocenters. The van der Waals surface area contributed by atoms with E-state index in [1.807, 2.05) is 0 Å². The number of hydrogen-bond donors (Lipinski definition) is 1. The molecule has 0 radical (unpaired) electrons. The number of rotatable bonds is 5. The largest absolute Gasteiger partial charge is 0.490 e. The van der Waals surface area contributed by atoms with Gasteiger partial charge in [-0.2, -0.15) is 0 Å². The summed E-state index contributed by atoms with van der Waals surface area (Å²) in [4.78, 5) is 18.7. The number of carbonyl (C=O) groups is 1. The number of halogens is 1. The number of ether oxygens (including phenoxy) is 1. The predicted molar refractivity (Wildman–Crippen MR) is 90.2 cm³/mol. The molecule has 3 rings (SSSR count). The van der Waals surface area contributed by atoms with E-state index < -0.39 is 5.54 Å². The molecule has 1 fully saturated rings. The van der Waals surface area contributed by atoms with Crippen molar-refractivity contribution in [1.82, 2.24) is 4.90 Å². The molecule has 6 heteroatoms. The molecule has 0 spiro atoms. The minimum atomic E-state index is -0.963. The fourth-order valence-electron chi connectivity index (χ4n) is 3.65. The Labute approximate surface area is 141 Å². The fourth-order valence-corrected chi connectivity index (χ4v) is 3.65. The summed E-state index contributed by atoms with van der Waals surface area (Å²) in [7, 11) is 1.64. The van der Waals surface area contributed by atoms with E-state index in [0.717, 1.165) is 12.8 Å². The van der Waals surface area contributed by atoms with Gasteiger partial charge >= 0.3 is 0 Å². The molecule has 2 aliphatic rings. The molecule has 1 amide bonds. The van der Waals surface area contributed by atoms with Crippen LogP contribution in [0.25, 0.3) is 0 Å². The zero-order chi connectivity index (χ0) is 17.2. The highest BCUT2D eigenvalue weighted by molar-refractivity contribution is 6.06. The number of nitrogens with zero attached hydrogens (tertiary/aromatic N) is 2. The van der Waals surface area contributed by atoms with Crippen LogP contribution in [0.4, 0.5) is 4.39 Å². The lowest BCUT2D eigenvalue weighted by Crippen LogP contribution is -2.47. The van der Waals surface area contributed by atoms with E-state index in [2.05, 4.69) is 4.99 Å². The number of hydrogen-bond acceptors (Lipinski definition) is 4. The Kier molecular flexibility index (Phi) is 4.73. The molecule has 24 heavy (non-hydrogen) atoms. The van der Waals surface area contributed by atoms with Crippen molar-refractivity contribution in [3.63, 3.8) is 0 Å². The standard InChI is InChI=1S/C18H24FN3O2/c1-22-16(23)18(21-17(22)20,11-13-5-3-2-4-6-13)12-24-15-9-7-14(19)8-10-15/h7-10,13H,2-6,11-12H2,1H3,(H2,20,21). The van der Waals surface area contributed by atoms with Crippen molar-refractivity contribution < 1.29 is 13.9 Å². The van der Waals surface area contributed by atoms with E-state index in [4.69, 9.17) is 10.5 Å². The zero-order valence-corrected chi connectivity index (χ0v) is 14.0. The monoisotopic (exact) mass is 333 g/mol. The van der Waals surface area contributed by atoms with Gasteiger partial charge in [0, 0.05) is 7.05 Å². The molecule has 1 aliphatic heterocycles. The Bertz CT molecular complexity index is 626. The van der Waals surface area contributed by atoms with Crippen molar-refractivity contribution in [3.05, 3.63) is 30.1 Å². The minimum Gasteiger partial charge on any atom is -0.490 e. The predicted octanol–water partition coefficient (Wildman–Crippen LogP) is 2.70. The van der Waals surface area contributed by atoms with Crippen LogP contribution < -0.4 is 10.5 Å². The molecule has 0 bridgehead atoms. The van der Waals surface area contributed by atoms with Crippen molar-refractivity contribution in [3.8, 4) is 5.75 Å². The maximum Gasteiger partial charge on any atom is 0.260 e. The van der Waals surface area contributed by atoms with Gasteiger partial charge < -0.3 is 10.5 Å². The summed E-state index contributed by atoms with van der Waals surface area (Å²) >= 11 is 0. The maximum absolute atomic E-state index is 13.0. The highest BCUT2D eigenvalue weighted by Crippen LogP contribution is 2.36. The molecule has 0 aromatic heterocycles. The SMILES string of the molecule is CN1C(=O)C(COc2ccc(F)cc2)(CC2CCCCC2)N=C1N. The summed E-state index contributed by atoms with van der Waals surface area (Å²) in [5.74, 6) is 0.780. The van der Waals surface area contributed by atoms with Gasteiger partial charge in [0.05, 0.1) is 0 Å². The topological polar surface area (TPSA) is 67.9 Å². The number of benzene rings is 1. The number of carbonyl (C=O) groups excluding carboxylic acids is 1. The first-order valence-corrected chi connectivity index (χ1v) is 8.52. The Morgan fingerprint density at radius 1 is 1.29 bits per heavy atom. The number of aliphatic imine (C=N–C) groups is 1. The van der Waals surface area contributed by atoms with E-state index in [9.17, 15) is 9.18 Å². The fraction of sp³-hybridized carbons (Fsp3) is 0.556. The summed E-state index contributed by atoms with van der Waals surface area (Å²) in [6.07, 6.45) is 6.54. The molecule has 1 saturated carbocycles. The number of likely N-dealkylation sites (N-methyl/N-ethyl adjacent to an activating group) is 1. The molecular weight excluding hydrogens is 309 g/mol.